The first-order valence-corrected chi connectivity index (χ1v) is 6.30. The summed E-state index contributed by atoms with van der Waals surface area (Å²) in [6.45, 7) is 0. The van der Waals surface area contributed by atoms with Crippen molar-refractivity contribution in [2.75, 3.05) is 0 Å². The smallest absolute Gasteiger partial charge is 0.131 e. The molecule has 2 aromatic carbocycles. The maximum absolute atomic E-state index is 13.5. The molecule has 100 valence electrons. The fraction of sp³-hybridized carbons (Fsp3) is 0.143. The summed E-state index contributed by atoms with van der Waals surface area (Å²) in [4.78, 5) is 0. The van der Waals surface area contributed by atoms with Crippen molar-refractivity contribution in [3.8, 4) is 0 Å². The van der Waals surface area contributed by atoms with Crippen molar-refractivity contribution in [2.24, 2.45) is 0 Å². The van der Waals surface area contributed by atoms with Crippen LogP contribution in [-0.2, 0) is 6.42 Å². The number of benzene rings is 2. The summed E-state index contributed by atoms with van der Waals surface area (Å²) in [6.07, 6.45) is -1.34. The summed E-state index contributed by atoms with van der Waals surface area (Å²) in [5, 5.41) is 10.8. The lowest BCUT2D eigenvalue weighted by atomic mass is 10.0. The third-order valence-electron chi connectivity index (χ3n) is 2.75. The van der Waals surface area contributed by atoms with Crippen molar-refractivity contribution in [3.63, 3.8) is 0 Å². The molecule has 1 nitrogen and oxygen atoms in total. The largest absolute Gasteiger partial charge is 0.388 e. The lowest BCUT2D eigenvalue weighted by molar-refractivity contribution is 0.168. The molecule has 0 heterocycles. The fourth-order valence-corrected chi connectivity index (χ4v) is 2.23. The molecule has 0 aliphatic heterocycles. The van der Waals surface area contributed by atoms with E-state index in [-0.39, 0.29) is 12.0 Å². The zero-order chi connectivity index (χ0) is 14.0. The maximum Gasteiger partial charge on any atom is 0.131 e. The molecule has 0 aliphatic rings. The van der Waals surface area contributed by atoms with Gasteiger partial charge in [0.2, 0.25) is 0 Å². The van der Waals surface area contributed by atoms with Crippen LogP contribution in [0.15, 0.2) is 36.4 Å². The molecule has 5 heteroatoms. The van der Waals surface area contributed by atoms with Crippen LogP contribution in [0.4, 0.5) is 8.78 Å². The van der Waals surface area contributed by atoms with Crippen LogP contribution < -0.4 is 0 Å². The molecule has 0 radical (unpaired) electrons. The number of rotatable bonds is 3. The third-order valence-corrected chi connectivity index (χ3v) is 3.36. The number of hydrogen-bond acceptors (Lipinski definition) is 1. The monoisotopic (exact) mass is 302 g/mol. The Balaban J connectivity index is 2.31. The molecule has 19 heavy (non-hydrogen) atoms. The predicted octanol–water partition coefficient (Wildman–Crippen LogP) is 4.55. The standard InChI is InChI=1S/C14H10Cl2F2O/c15-9-4-5-10(16)8(6-9)7-13(19)14-11(17)2-1-3-12(14)18/h1-6,13,19H,7H2. The Morgan fingerprint density at radius 2 is 1.68 bits per heavy atom. The van der Waals surface area contributed by atoms with E-state index in [0.717, 1.165) is 12.1 Å². The second kappa shape index (κ2) is 5.87. The zero-order valence-electron chi connectivity index (χ0n) is 9.71. The molecular weight excluding hydrogens is 293 g/mol. The summed E-state index contributed by atoms with van der Waals surface area (Å²) in [6, 6.07) is 8.18. The molecule has 0 saturated carbocycles. The van der Waals surface area contributed by atoms with Gasteiger partial charge in [0.15, 0.2) is 0 Å². The normalized spacial score (nSPS) is 12.5. The van der Waals surface area contributed by atoms with Crippen molar-refractivity contribution in [2.45, 2.75) is 12.5 Å². The van der Waals surface area contributed by atoms with Gasteiger partial charge in [-0.1, -0.05) is 29.3 Å². The molecule has 0 spiro atoms. The van der Waals surface area contributed by atoms with Crippen LogP contribution in [0.2, 0.25) is 10.0 Å². The summed E-state index contributed by atoms with van der Waals surface area (Å²) < 4.78 is 27.0. The summed E-state index contributed by atoms with van der Waals surface area (Å²) in [5.41, 5.74) is 0.169. The number of aliphatic hydroxyl groups is 1. The summed E-state index contributed by atoms with van der Waals surface area (Å²) >= 11 is 11.8. The molecule has 2 aromatic rings. The van der Waals surface area contributed by atoms with Gasteiger partial charge < -0.3 is 5.11 Å². The van der Waals surface area contributed by atoms with Gasteiger partial charge >= 0.3 is 0 Å². The average molecular weight is 303 g/mol. The van der Waals surface area contributed by atoms with Gasteiger partial charge in [-0.3, -0.25) is 0 Å². The molecule has 0 aliphatic carbocycles. The Bertz CT molecular complexity index is 582. The van der Waals surface area contributed by atoms with Gasteiger partial charge in [0.25, 0.3) is 0 Å². The quantitative estimate of drug-likeness (QED) is 0.882. The van der Waals surface area contributed by atoms with Crippen LogP contribution in [0.25, 0.3) is 0 Å². The van der Waals surface area contributed by atoms with E-state index in [2.05, 4.69) is 0 Å². The van der Waals surface area contributed by atoms with Crippen molar-refractivity contribution < 1.29 is 13.9 Å². The first-order chi connectivity index (χ1) is 8.99. The highest BCUT2D eigenvalue weighted by Gasteiger charge is 2.19. The van der Waals surface area contributed by atoms with E-state index in [9.17, 15) is 13.9 Å². The van der Waals surface area contributed by atoms with Gasteiger partial charge in [-0.05, 0) is 35.9 Å². The molecule has 0 amide bonds. The molecule has 1 atom stereocenters. The molecule has 1 unspecified atom stereocenters. The number of halogens is 4. The van der Waals surface area contributed by atoms with Gasteiger partial charge in [-0.2, -0.15) is 0 Å². The van der Waals surface area contributed by atoms with Crippen molar-refractivity contribution in [1.82, 2.24) is 0 Å². The van der Waals surface area contributed by atoms with Crippen LogP contribution in [-0.4, -0.2) is 5.11 Å². The van der Waals surface area contributed by atoms with E-state index in [0.29, 0.717) is 15.6 Å². The molecule has 2 rings (SSSR count). The topological polar surface area (TPSA) is 20.2 Å². The van der Waals surface area contributed by atoms with Crippen LogP contribution in [0.1, 0.15) is 17.2 Å². The fourth-order valence-electron chi connectivity index (χ4n) is 1.84. The molecule has 0 fully saturated rings. The van der Waals surface area contributed by atoms with Gasteiger partial charge in [-0.25, -0.2) is 8.78 Å². The molecule has 0 bridgehead atoms. The highest BCUT2D eigenvalue weighted by molar-refractivity contribution is 6.33. The highest BCUT2D eigenvalue weighted by Crippen LogP contribution is 2.28. The van der Waals surface area contributed by atoms with E-state index in [4.69, 9.17) is 23.2 Å². The summed E-state index contributed by atoms with van der Waals surface area (Å²) in [5.74, 6) is -1.57. The van der Waals surface area contributed by atoms with Crippen molar-refractivity contribution in [1.29, 1.82) is 0 Å². The molecule has 1 N–H and O–H groups in total. The van der Waals surface area contributed by atoms with E-state index >= 15 is 0 Å². The first-order valence-electron chi connectivity index (χ1n) is 5.55. The Morgan fingerprint density at radius 3 is 2.32 bits per heavy atom. The highest BCUT2D eigenvalue weighted by atomic mass is 35.5. The van der Waals surface area contributed by atoms with Crippen LogP contribution >= 0.6 is 23.2 Å². The Kier molecular flexibility index (Phi) is 4.40. The first kappa shape index (κ1) is 14.3. The Labute approximate surface area is 119 Å². The Hall–Kier alpha value is -1.16. The van der Waals surface area contributed by atoms with Crippen molar-refractivity contribution in [3.05, 3.63) is 69.2 Å². The Morgan fingerprint density at radius 1 is 1.05 bits per heavy atom. The minimum absolute atomic E-state index is 0.0166. The van der Waals surface area contributed by atoms with Gasteiger partial charge in [0, 0.05) is 16.5 Å². The second-order valence-electron chi connectivity index (χ2n) is 4.09. The maximum atomic E-state index is 13.5. The number of aliphatic hydroxyl groups excluding tert-OH is 1. The van der Waals surface area contributed by atoms with Crippen molar-refractivity contribution >= 4 is 23.2 Å². The van der Waals surface area contributed by atoms with Crippen LogP contribution in [0.3, 0.4) is 0 Å². The third kappa shape index (κ3) is 3.24. The minimum atomic E-state index is -1.32. The van der Waals surface area contributed by atoms with E-state index < -0.39 is 17.7 Å². The SMILES string of the molecule is OC(Cc1cc(Cl)ccc1Cl)c1c(F)cccc1F. The lowest BCUT2D eigenvalue weighted by Crippen LogP contribution is -2.07. The van der Waals surface area contributed by atoms with Crippen LogP contribution in [0, 0.1) is 11.6 Å². The predicted molar refractivity (Wildman–Crippen MR) is 71.5 cm³/mol. The molecule has 0 saturated heterocycles. The van der Waals surface area contributed by atoms with Crippen LogP contribution in [0.5, 0.6) is 0 Å². The zero-order valence-corrected chi connectivity index (χ0v) is 11.2. The molecule has 0 aromatic heterocycles. The number of hydrogen-bond donors (Lipinski definition) is 1. The van der Waals surface area contributed by atoms with Gasteiger partial charge in [-0.15, -0.1) is 0 Å². The van der Waals surface area contributed by atoms with E-state index in [1.165, 1.54) is 6.07 Å². The van der Waals surface area contributed by atoms with Gasteiger partial charge in [0.1, 0.15) is 11.6 Å². The average Bonchev–Trinajstić information content (AvgIpc) is 2.33. The summed E-state index contributed by atoms with van der Waals surface area (Å²) in [7, 11) is 0. The second-order valence-corrected chi connectivity index (χ2v) is 4.93. The molecular formula is C14H10Cl2F2O. The van der Waals surface area contributed by atoms with E-state index in [1.807, 2.05) is 0 Å². The minimum Gasteiger partial charge on any atom is -0.388 e. The van der Waals surface area contributed by atoms with E-state index in [1.54, 1.807) is 18.2 Å². The van der Waals surface area contributed by atoms with Gasteiger partial charge in [0.05, 0.1) is 11.7 Å². The lowest BCUT2D eigenvalue weighted by Gasteiger charge is -2.14.